The van der Waals surface area contributed by atoms with Crippen LogP contribution < -0.4 is 11.2 Å². The third-order valence-corrected chi connectivity index (χ3v) is 6.60. The van der Waals surface area contributed by atoms with Gasteiger partial charge in [-0.15, -0.1) is 10.2 Å². The van der Waals surface area contributed by atoms with Crippen molar-refractivity contribution in [2.75, 3.05) is 7.11 Å². The van der Waals surface area contributed by atoms with Gasteiger partial charge in [-0.2, -0.15) is 5.21 Å². The number of methoxy groups -OCH3 is 1. The predicted molar refractivity (Wildman–Crippen MR) is 139 cm³/mol. The molecule has 2 aromatic carbocycles. The van der Waals surface area contributed by atoms with Crippen molar-refractivity contribution in [3.05, 3.63) is 80.8 Å². The molecular formula is C26H28N8O3. The van der Waals surface area contributed by atoms with Gasteiger partial charge in [0.05, 0.1) is 0 Å². The molecule has 0 saturated carbocycles. The summed E-state index contributed by atoms with van der Waals surface area (Å²) in [4.78, 5) is 31.3. The molecule has 5 rings (SSSR count). The second-order valence-electron chi connectivity index (χ2n) is 8.65. The van der Waals surface area contributed by atoms with Gasteiger partial charge < -0.3 is 9.30 Å². The SMILES string of the molecule is CCc1nc2c(c(=O)n(C(C)OC)c(=O)n2CC)n1Cc1ccc(-c2ccccc2-c2nn[nH]n2)cc1. The summed E-state index contributed by atoms with van der Waals surface area (Å²) in [7, 11) is 1.48. The maximum absolute atomic E-state index is 13.5. The number of hydrogen-bond acceptors (Lipinski definition) is 7. The normalized spacial score (nSPS) is 12.3. The van der Waals surface area contributed by atoms with Crippen molar-refractivity contribution >= 4 is 11.2 Å². The summed E-state index contributed by atoms with van der Waals surface area (Å²) in [5.41, 5.74) is 3.84. The average Bonchev–Trinajstić information content (AvgIpc) is 3.58. The minimum absolute atomic E-state index is 0.390. The van der Waals surface area contributed by atoms with E-state index in [1.807, 2.05) is 66.9 Å². The molecule has 11 heteroatoms. The molecule has 3 heterocycles. The number of H-pyrrole nitrogens is 1. The summed E-state index contributed by atoms with van der Waals surface area (Å²) in [6, 6.07) is 16.0. The molecule has 0 aliphatic carbocycles. The number of nitrogens with one attached hydrogen (secondary N) is 1. The molecule has 0 aliphatic heterocycles. The van der Waals surface area contributed by atoms with Crippen LogP contribution in [0.3, 0.4) is 0 Å². The zero-order valence-corrected chi connectivity index (χ0v) is 21.2. The van der Waals surface area contributed by atoms with Crippen LogP contribution >= 0.6 is 0 Å². The fourth-order valence-electron chi connectivity index (χ4n) is 4.64. The van der Waals surface area contributed by atoms with Gasteiger partial charge in [0, 0.05) is 32.2 Å². The summed E-state index contributed by atoms with van der Waals surface area (Å²) in [5.74, 6) is 1.27. The van der Waals surface area contributed by atoms with Crippen LogP contribution in [0.5, 0.6) is 0 Å². The Morgan fingerprint density at radius 3 is 2.35 bits per heavy atom. The minimum atomic E-state index is -0.700. The Hall–Kier alpha value is -4.38. The summed E-state index contributed by atoms with van der Waals surface area (Å²) >= 11 is 0. The van der Waals surface area contributed by atoms with Crippen LogP contribution in [0.15, 0.2) is 58.1 Å². The Balaban J connectivity index is 1.59. The number of ether oxygens (including phenoxy) is 1. The van der Waals surface area contributed by atoms with Crippen molar-refractivity contribution in [1.82, 2.24) is 39.3 Å². The Bertz CT molecular complexity index is 1660. The smallest absolute Gasteiger partial charge is 0.334 e. The van der Waals surface area contributed by atoms with E-state index in [1.165, 1.54) is 11.7 Å². The van der Waals surface area contributed by atoms with Gasteiger partial charge in [0.25, 0.3) is 5.56 Å². The van der Waals surface area contributed by atoms with Crippen molar-refractivity contribution in [3.8, 4) is 22.5 Å². The fraction of sp³-hybridized carbons (Fsp3) is 0.308. The molecule has 1 atom stereocenters. The maximum atomic E-state index is 13.5. The van der Waals surface area contributed by atoms with Gasteiger partial charge in [-0.3, -0.25) is 9.36 Å². The van der Waals surface area contributed by atoms with E-state index in [0.717, 1.165) is 32.6 Å². The van der Waals surface area contributed by atoms with Gasteiger partial charge in [0.1, 0.15) is 12.1 Å². The molecular weight excluding hydrogens is 472 g/mol. The van der Waals surface area contributed by atoms with E-state index >= 15 is 0 Å². The second-order valence-corrected chi connectivity index (χ2v) is 8.65. The number of rotatable bonds is 8. The Kier molecular flexibility index (Phi) is 6.53. The van der Waals surface area contributed by atoms with Gasteiger partial charge >= 0.3 is 5.69 Å². The first-order valence-corrected chi connectivity index (χ1v) is 12.2. The molecule has 0 aliphatic rings. The van der Waals surface area contributed by atoms with Crippen LogP contribution in [0.1, 0.15) is 38.4 Å². The summed E-state index contributed by atoms with van der Waals surface area (Å²) in [5, 5.41) is 14.4. The van der Waals surface area contributed by atoms with E-state index in [4.69, 9.17) is 9.72 Å². The molecule has 0 amide bonds. The molecule has 11 nitrogen and oxygen atoms in total. The molecule has 5 aromatic rings. The Morgan fingerprint density at radius 1 is 1.00 bits per heavy atom. The molecule has 0 saturated heterocycles. The second kappa shape index (κ2) is 9.94. The summed E-state index contributed by atoms with van der Waals surface area (Å²) in [6.07, 6.45) is -0.0867. The lowest BCUT2D eigenvalue weighted by Gasteiger charge is -2.16. The molecule has 1 unspecified atom stereocenters. The number of aryl methyl sites for hydroxylation is 2. The Labute approximate surface area is 212 Å². The first kappa shape index (κ1) is 24.3. The van der Waals surface area contributed by atoms with Crippen LogP contribution in [0, 0.1) is 0 Å². The van der Waals surface area contributed by atoms with Crippen LogP contribution in [0.2, 0.25) is 0 Å². The number of fused-ring (bicyclic) bond motifs is 1. The van der Waals surface area contributed by atoms with Gasteiger partial charge in [0.15, 0.2) is 11.2 Å². The first-order chi connectivity index (χ1) is 18.0. The molecule has 0 bridgehead atoms. The number of hydrogen-bond donors (Lipinski definition) is 1. The predicted octanol–water partition coefficient (Wildman–Crippen LogP) is 3.00. The number of imidazole rings is 1. The van der Waals surface area contributed by atoms with Gasteiger partial charge in [-0.25, -0.2) is 14.3 Å². The number of benzene rings is 2. The third kappa shape index (κ3) is 4.16. The van der Waals surface area contributed by atoms with E-state index in [1.54, 1.807) is 6.92 Å². The van der Waals surface area contributed by atoms with E-state index in [2.05, 4.69) is 20.6 Å². The molecule has 37 heavy (non-hydrogen) atoms. The zero-order valence-electron chi connectivity index (χ0n) is 21.2. The van der Waals surface area contributed by atoms with E-state index in [-0.39, 0.29) is 0 Å². The molecule has 3 aromatic heterocycles. The van der Waals surface area contributed by atoms with Crippen LogP contribution in [-0.2, 0) is 24.2 Å². The number of aromatic nitrogens is 8. The lowest BCUT2D eigenvalue weighted by Crippen LogP contribution is -2.42. The quantitative estimate of drug-likeness (QED) is 0.347. The fourth-order valence-corrected chi connectivity index (χ4v) is 4.64. The first-order valence-electron chi connectivity index (χ1n) is 12.2. The third-order valence-electron chi connectivity index (χ3n) is 6.60. The van der Waals surface area contributed by atoms with E-state index < -0.39 is 17.5 Å². The standard InChI is InChI=1S/C26H28N8O3/c1-5-21-27-24-22(25(35)34(16(3)37-4)26(36)32(24)6-2)33(21)15-17-11-13-18(14-12-17)19-9-7-8-10-20(19)23-28-30-31-29-23/h7-14,16H,5-6,15H2,1-4H3,(H,28,29,30,31). The highest BCUT2D eigenvalue weighted by Gasteiger charge is 2.23. The number of aromatic amines is 1. The van der Waals surface area contributed by atoms with Crippen molar-refractivity contribution in [2.24, 2.45) is 0 Å². The number of tetrazole rings is 1. The molecule has 0 radical (unpaired) electrons. The van der Waals surface area contributed by atoms with Crippen molar-refractivity contribution < 1.29 is 4.74 Å². The van der Waals surface area contributed by atoms with Crippen molar-refractivity contribution in [3.63, 3.8) is 0 Å². The summed E-state index contributed by atoms with van der Waals surface area (Å²) in [6.45, 7) is 6.36. The minimum Gasteiger partial charge on any atom is -0.361 e. The summed E-state index contributed by atoms with van der Waals surface area (Å²) < 4.78 is 9.92. The molecule has 1 N–H and O–H groups in total. The highest BCUT2D eigenvalue weighted by molar-refractivity contribution is 5.80. The van der Waals surface area contributed by atoms with Gasteiger partial charge in [0.2, 0.25) is 5.82 Å². The van der Waals surface area contributed by atoms with Gasteiger partial charge in [-0.1, -0.05) is 55.5 Å². The molecule has 190 valence electrons. The van der Waals surface area contributed by atoms with E-state index in [0.29, 0.717) is 36.5 Å². The lowest BCUT2D eigenvalue weighted by molar-refractivity contribution is 0.0531. The monoisotopic (exact) mass is 500 g/mol. The van der Waals surface area contributed by atoms with E-state index in [9.17, 15) is 9.59 Å². The number of nitrogens with zero attached hydrogens (tertiary/aromatic N) is 7. The topological polar surface area (TPSA) is 126 Å². The molecule has 0 spiro atoms. The van der Waals surface area contributed by atoms with Crippen molar-refractivity contribution in [2.45, 2.75) is 46.5 Å². The van der Waals surface area contributed by atoms with Crippen molar-refractivity contribution in [1.29, 1.82) is 0 Å². The Morgan fingerprint density at radius 2 is 1.73 bits per heavy atom. The van der Waals surface area contributed by atoms with Crippen LogP contribution in [0.4, 0.5) is 0 Å². The van der Waals surface area contributed by atoms with Crippen LogP contribution in [0.25, 0.3) is 33.7 Å². The van der Waals surface area contributed by atoms with Gasteiger partial charge in [-0.05, 0) is 35.8 Å². The lowest BCUT2D eigenvalue weighted by atomic mass is 9.98. The zero-order chi connectivity index (χ0) is 26.1. The highest BCUT2D eigenvalue weighted by atomic mass is 16.5. The average molecular weight is 501 g/mol. The van der Waals surface area contributed by atoms with Crippen LogP contribution in [-0.4, -0.2) is 46.4 Å². The molecule has 0 fully saturated rings. The largest absolute Gasteiger partial charge is 0.361 e. The maximum Gasteiger partial charge on any atom is 0.334 e. The highest BCUT2D eigenvalue weighted by Crippen LogP contribution is 2.30.